The summed E-state index contributed by atoms with van der Waals surface area (Å²) in [5.74, 6) is -7.98. The molecule has 430 valence electrons. The van der Waals surface area contributed by atoms with Crippen LogP contribution in [0.25, 0.3) is 0 Å². The summed E-state index contributed by atoms with van der Waals surface area (Å²) in [6.07, 6.45) is 11.3. The molecule has 22 heteroatoms. The maximum atomic E-state index is 13.8. The van der Waals surface area contributed by atoms with Crippen molar-refractivity contribution in [2.75, 3.05) is 26.9 Å². The average Bonchev–Trinajstić information content (AvgIpc) is 3.37. The molecule has 8 amide bonds. The number of phenols is 1. The topological polar surface area (TPSA) is 331 Å². The van der Waals surface area contributed by atoms with Gasteiger partial charge in [-0.1, -0.05) is 118 Å². The zero-order chi connectivity index (χ0) is 57.9. The molecule has 1 aromatic carbocycles. The third kappa shape index (κ3) is 23.6. The van der Waals surface area contributed by atoms with Gasteiger partial charge in [0.15, 0.2) is 0 Å². The molecule has 1 aromatic rings. The lowest BCUT2D eigenvalue weighted by atomic mass is 9.99. The van der Waals surface area contributed by atoms with Gasteiger partial charge in [-0.3, -0.25) is 38.4 Å². The summed E-state index contributed by atoms with van der Waals surface area (Å²) in [4.78, 5) is 121. The van der Waals surface area contributed by atoms with Crippen LogP contribution in [0.5, 0.6) is 5.75 Å². The van der Waals surface area contributed by atoms with Crippen molar-refractivity contribution in [3.8, 4) is 5.75 Å². The molecule has 0 fully saturated rings. The second-order valence-corrected chi connectivity index (χ2v) is 20.7. The number of ether oxygens (including phenoxy) is 1. The van der Waals surface area contributed by atoms with Crippen LogP contribution in [0.4, 0.5) is 0 Å². The van der Waals surface area contributed by atoms with Gasteiger partial charge >= 0.3 is 5.97 Å². The zero-order valence-electron chi connectivity index (χ0n) is 46.4. The molecule has 11 N–H and O–H groups in total. The summed E-state index contributed by atoms with van der Waals surface area (Å²) in [6.45, 7) is 13.7. The highest BCUT2D eigenvalue weighted by atomic mass is 16.5. The van der Waals surface area contributed by atoms with Crippen LogP contribution in [0.2, 0.25) is 0 Å². The summed E-state index contributed by atoms with van der Waals surface area (Å²) >= 11 is 0. The van der Waals surface area contributed by atoms with Gasteiger partial charge in [-0.15, -0.1) is 0 Å². The molecule has 0 aromatic heterocycles. The average molecular weight is 1080 g/mol. The molecule has 0 spiro atoms. The summed E-state index contributed by atoms with van der Waals surface area (Å²) in [5, 5.41) is 59.4. The number of carbonyl (C=O) groups excluding carboxylic acids is 9. The number of esters is 1. The Bertz CT molecular complexity index is 2200. The minimum atomic E-state index is -1.70. The minimum Gasteiger partial charge on any atom is -0.508 e. The molecule has 1 heterocycles. The molecule has 9 atom stereocenters. The molecular weight excluding hydrogens is 997 g/mol. The minimum absolute atomic E-state index is 0.00285. The lowest BCUT2D eigenvalue weighted by molar-refractivity contribution is -0.156. The predicted molar refractivity (Wildman–Crippen MR) is 288 cm³/mol. The number of phenolic OH excluding ortho intramolecular Hbond substituents is 1. The fourth-order valence-electron chi connectivity index (χ4n) is 7.98. The number of aliphatic hydroxyl groups excluding tert-OH is 3. The summed E-state index contributed by atoms with van der Waals surface area (Å²) in [6, 6.07) is -3.18. The molecule has 2 rings (SSSR count). The monoisotopic (exact) mass is 1080 g/mol. The first-order chi connectivity index (χ1) is 36.3. The van der Waals surface area contributed by atoms with Crippen molar-refractivity contribution in [2.45, 2.75) is 168 Å². The predicted octanol–water partition coefficient (Wildman–Crippen LogP) is 1.10. The van der Waals surface area contributed by atoms with Crippen molar-refractivity contribution in [1.82, 2.24) is 42.1 Å². The van der Waals surface area contributed by atoms with E-state index in [-0.39, 0.29) is 30.4 Å². The molecule has 77 heavy (non-hydrogen) atoms. The molecule has 0 aliphatic carbocycles. The van der Waals surface area contributed by atoms with Crippen molar-refractivity contribution >= 4 is 53.2 Å². The van der Waals surface area contributed by atoms with Crippen LogP contribution < -0.4 is 37.2 Å². The Hall–Kier alpha value is -6.65. The van der Waals surface area contributed by atoms with E-state index in [4.69, 9.17) is 4.74 Å². The largest absolute Gasteiger partial charge is 0.508 e. The Morgan fingerprint density at radius 2 is 1.36 bits per heavy atom. The Morgan fingerprint density at radius 3 is 1.95 bits per heavy atom. The lowest BCUT2D eigenvalue weighted by Crippen LogP contribution is -2.57. The third-order valence-corrected chi connectivity index (χ3v) is 12.8. The summed E-state index contributed by atoms with van der Waals surface area (Å²) < 4.78 is 5.64. The normalized spacial score (nSPS) is 19.3. The molecule has 0 saturated carbocycles. The fraction of sp³-hybridized carbons (Fsp3) is 0.618. The van der Waals surface area contributed by atoms with E-state index in [0.717, 1.165) is 44.3 Å². The van der Waals surface area contributed by atoms with E-state index in [2.05, 4.69) is 44.1 Å². The number of aromatic hydroxyl groups is 1. The van der Waals surface area contributed by atoms with Gasteiger partial charge in [-0.25, -0.2) is 4.79 Å². The first-order valence-corrected chi connectivity index (χ1v) is 26.6. The van der Waals surface area contributed by atoms with Crippen LogP contribution in [-0.4, -0.2) is 160 Å². The Morgan fingerprint density at radius 1 is 0.766 bits per heavy atom. The number of cyclic esters (lactones) is 1. The van der Waals surface area contributed by atoms with Gasteiger partial charge in [0, 0.05) is 32.0 Å². The van der Waals surface area contributed by atoms with Crippen LogP contribution in [0, 0.1) is 23.7 Å². The van der Waals surface area contributed by atoms with E-state index in [1.54, 1.807) is 73.6 Å². The van der Waals surface area contributed by atoms with Crippen molar-refractivity contribution in [3.63, 3.8) is 0 Å². The molecule has 0 saturated heterocycles. The highest BCUT2D eigenvalue weighted by molar-refractivity contribution is 5.96. The number of amides is 8. The lowest BCUT2D eigenvalue weighted by Gasteiger charge is -2.32. The van der Waals surface area contributed by atoms with Crippen LogP contribution in [0.1, 0.15) is 113 Å². The number of likely N-dealkylation sites (N-methyl/N-ethyl adjacent to an activating group) is 1. The number of rotatable bonds is 29. The summed E-state index contributed by atoms with van der Waals surface area (Å²) in [5.41, 5.74) is 0.596. The molecule has 22 nitrogen and oxygen atoms in total. The quantitative estimate of drug-likeness (QED) is 0.0232. The van der Waals surface area contributed by atoms with Crippen molar-refractivity contribution in [3.05, 3.63) is 66.3 Å². The molecule has 0 radical (unpaired) electrons. The van der Waals surface area contributed by atoms with E-state index in [1.165, 1.54) is 36.2 Å². The number of hydrogen-bond acceptors (Lipinski definition) is 14. The van der Waals surface area contributed by atoms with Gasteiger partial charge in [0.1, 0.15) is 42.6 Å². The molecule has 1 aliphatic rings. The van der Waals surface area contributed by atoms with E-state index >= 15 is 0 Å². The van der Waals surface area contributed by atoms with Crippen LogP contribution in [0.3, 0.4) is 0 Å². The Balaban J connectivity index is 2.11. The standard InChI is InChI=1S/C55H86N8O14/c1-11-12-13-14-15-16-17-18-43(68)59-47(32(2)3)51(72)56-37(29-64)21-25-44(69)60-49(34(6)7)53(74)58-40(30-65)42(67)28-46(71)62-48(33(4)5)52(73)57-38-22-26-45(70)61-50(35(8)9)54(75)63(10)41(55(76)77-31-38)27-36-19-23-39(66)24-20-36/h16-17,19-26,32-35,37-38,40-42,47-50,64-67H,11-15,18,27-31H2,1-10H3,(H,56,72)(H,57,73)(H,58,74)(H,59,68)(H,60,69)(H,61,70)(H,62,71)/b17-16-,25-21+,26-22+/t37-,38-,40+,41+,42+,47+,48+,49+,50+/m1/s1. The van der Waals surface area contributed by atoms with Gasteiger partial charge < -0.3 is 67.3 Å². The first-order valence-electron chi connectivity index (χ1n) is 26.6. The smallest absolute Gasteiger partial charge is 0.329 e. The summed E-state index contributed by atoms with van der Waals surface area (Å²) in [7, 11) is 1.41. The van der Waals surface area contributed by atoms with Crippen LogP contribution >= 0.6 is 0 Å². The van der Waals surface area contributed by atoms with E-state index in [9.17, 15) is 63.6 Å². The number of nitrogens with one attached hydrogen (secondary N) is 7. The number of nitrogens with zero attached hydrogens (tertiary/aromatic N) is 1. The highest BCUT2D eigenvalue weighted by Crippen LogP contribution is 2.18. The van der Waals surface area contributed by atoms with Gasteiger partial charge in [0.05, 0.1) is 43.9 Å². The third-order valence-electron chi connectivity index (χ3n) is 12.8. The van der Waals surface area contributed by atoms with Crippen LogP contribution in [-0.2, 0) is 54.3 Å². The van der Waals surface area contributed by atoms with E-state index < -0.39 is 146 Å². The maximum Gasteiger partial charge on any atom is 0.329 e. The maximum absolute atomic E-state index is 13.8. The van der Waals surface area contributed by atoms with E-state index in [0.29, 0.717) is 5.56 Å². The zero-order valence-corrected chi connectivity index (χ0v) is 46.4. The second-order valence-electron chi connectivity index (χ2n) is 20.7. The number of aliphatic hydroxyl groups is 3. The molecule has 1 aliphatic heterocycles. The number of hydrogen-bond donors (Lipinski definition) is 11. The van der Waals surface area contributed by atoms with Gasteiger partial charge in [-0.2, -0.15) is 0 Å². The Labute approximate surface area is 453 Å². The van der Waals surface area contributed by atoms with E-state index in [1.807, 2.05) is 6.08 Å². The number of allylic oxidation sites excluding steroid dienone is 1. The molecular formula is C55H86N8O14. The Kier molecular flexibility index (Phi) is 29.5. The van der Waals surface area contributed by atoms with Crippen molar-refractivity contribution in [1.29, 1.82) is 0 Å². The van der Waals surface area contributed by atoms with Gasteiger partial charge in [0.2, 0.25) is 47.3 Å². The second kappa shape index (κ2) is 34.2. The molecule has 0 unspecified atom stereocenters. The fourth-order valence-corrected chi connectivity index (χ4v) is 7.98. The van der Waals surface area contributed by atoms with Gasteiger partial charge in [0.25, 0.3) is 0 Å². The highest BCUT2D eigenvalue weighted by Gasteiger charge is 2.36. The van der Waals surface area contributed by atoms with Crippen molar-refractivity contribution < 1.29 is 68.3 Å². The van der Waals surface area contributed by atoms with Gasteiger partial charge in [-0.05, 0) is 54.2 Å². The van der Waals surface area contributed by atoms with Crippen LogP contribution in [0.15, 0.2) is 60.7 Å². The number of carbonyl (C=O) groups is 9. The number of benzene rings is 1. The molecule has 0 bridgehead atoms. The van der Waals surface area contributed by atoms with Crippen molar-refractivity contribution in [2.24, 2.45) is 23.7 Å². The SMILES string of the molecule is CCCCCC/C=C\CC(=O)N[C@H](C(=O)N[C@H](/C=C/C(=O)N[C@H](C(=O)N[C@@H](CO)[C@@H](O)CC(=O)N[C@H](C(=O)N[C@@H]1/C=C/C(=O)N[C@@H](C(C)C)C(=O)N(C)[C@@H](Cc2ccc(O)cc2)C(=O)OC1)C(C)C)C(C)C)CO)C(C)C. The first kappa shape index (κ1) is 66.5. The number of unbranched alkanes of at least 4 members (excludes halogenated alkanes) is 4.